The van der Waals surface area contributed by atoms with Gasteiger partial charge >= 0.3 is 5.22 Å². The summed E-state index contributed by atoms with van der Waals surface area (Å²) < 4.78 is 30.0. The van der Waals surface area contributed by atoms with E-state index in [1.165, 1.54) is 0 Å². The molecule has 0 bridgehead atoms. The number of amides is 1. The van der Waals surface area contributed by atoms with Gasteiger partial charge in [0.15, 0.2) is 0 Å². The highest BCUT2D eigenvalue weighted by Gasteiger charge is 2.23. The van der Waals surface area contributed by atoms with Gasteiger partial charge in [-0.3, -0.25) is 4.79 Å². The Morgan fingerprint density at radius 1 is 1.15 bits per heavy atom. The maximum Gasteiger partial charge on any atom is 0.335 e. The number of benzene rings is 2. The second kappa shape index (κ2) is 7.89. The van der Waals surface area contributed by atoms with Crippen LogP contribution in [0.25, 0.3) is 0 Å². The molecular formula is C18H16ClN3O4S. The molecule has 0 aliphatic heterocycles. The predicted molar refractivity (Wildman–Crippen MR) is 99.0 cm³/mol. The van der Waals surface area contributed by atoms with Crippen molar-refractivity contribution in [2.75, 3.05) is 0 Å². The summed E-state index contributed by atoms with van der Waals surface area (Å²) in [7, 11) is -3.82. The third-order valence-corrected chi connectivity index (χ3v) is 5.40. The monoisotopic (exact) mass is 405 g/mol. The van der Waals surface area contributed by atoms with E-state index >= 15 is 0 Å². The third-order valence-electron chi connectivity index (χ3n) is 3.75. The average Bonchev–Trinajstić information content (AvgIpc) is 3.10. The molecule has 3 rings (SSSR count). The zero-order valence-electron chi connectivity index (χ0n) is 14.3. The molecule has 0 aliphatic carbocycles. The molecule has 1 heterocycles. The fourth-order valence-electron chi connectivity index (χ4n) is 2.42. The average molecular weight is 406 g/mol. The number of nitrogens with one attached hydrogen (secondary N) is 1. The number of nitrogens with zero attached hydrogens (tertiary/aromatic N) is 2. The third kappa shape index (κ3) is 4.72. The Kier molecular flexibility index (Phi) is 5.57. The van der Waals surface area contributed by atoms with Gasteiger partial charge in [0.25, 0.3) is 5.91 Å². The second-order valence-electron chi connectivity index (χ2n) is 5.85. The summed E-state index contributed by atoms with van der Waals surface area (Å²) in [6, 6.07) is 13.6. The van der Waals surface area contributed by atoms with E-state index in [-0.39, 0.29) is 24.1 Å². The van der Waals surface area contributed by atoms with Crippen molar-refractivity contribution in [3.8, 4) is 0 Å². The molecule has 1 aromatic heterocycles. The van der Waals surface area contributed by atoms with Crippen molar-refractivity contribution < 1.29 is 17.6 Å². The summed E-state index contributed by atoms with van der Waals surface area (Å²) in [5.41, 5.74) is 1.85. The second-order valence-corrected chi connectivity index (χ2v) is 8.15. The minimum absolute atomic E-state index is 0.00148. The van der Waals surface area contributed by atoms with Gasteiger partial charge in [0.1, 0.15) is 0 Å². The van der Waals surface area contributed by atoms with Crippen molar-refractivity contribution in [1.82, 2.24) is 15.5 Å². The van der Waals surface area contributed by atoms with Crippen molar-refractivity contribution in [3.63, 3.8) is 0 Å². The SMILES string of the molecule is Cc1ccccc1C(=O)NCc1nnc(S(=O)(=O)Cc2cccc(Cl)c2)o1. The fraction of sp³-hybridized carbons (Fsp3) is 0.167. The lowest BCUT2D eigenvalue weighted by Gasteiger charge is -2.05. The molecule has 2 aromatic carbocycles. The van der Waals surface area contributed by atoms with Gasteiger partial charge in [0.05, 0.1) is 12.3 Å². The lowest BCUT2D eigenvalue weighted by molar-refractivity contribution is 0.0946. The molecule has 0 radical (unpaired) electrons. The van der Waals surface area contributed by atoms with Gasteiger partial charge in [-0.2, -0.15) is 0 Å². The Hall–Kier alpha value is -2.71. The minimum atomic E-state index is -3.82. The van der Waals surface area contributed by atoms with Crippen LogP contribution in [0.3, 0.4) is 0 Å². The van der Waals surface area contributed by atoms with Gasteiger partial charge in [0, 0.05) is 10.6 Å². The molecule has 0 saturated heterocycles. The summed E-state index contributed by atoms with van der Waals surface area (Å²) in [6.07, 6.45) is 0. The molecule has 0 fully saturated rings. The lowest BCUT2D eigenvalue weighted by atomic mass is 10.1. The Morgan fingerprint density at radius 3 is 2.67 bits per heavy atom. The van der Waals surface area contributed by atoms with Crippen LogP contribution < -0.4 is 5.32 Å². The Labute approximate surface area is 161 Å². The number of hydrogen-bond acceptors (Lipinski definition) is 6. The van der Waals surface area contributed by atoms with Crippen LogP contribution in [0.15, 0.2) is 58.2 Å². The van der Waals surface area contributed by atoms with Crippen molar-refractivity contribution in [1.29, 1.82) is 0 Å². The van der Waals surface area contributed by atoms with E-state index in [4.69, 9.17) is 16.0 Å². The highest BCUT2D eigenvalue weighted by atomic mass is 35.5. The summed E-state index contributed by atoms with van der Waals surface area (Å²) in [5.74, 6) is -0.624. The highest BCUT2D eigenvalue weighted by Crippen LogP contribution is 2.18. The van der Waals surface area contributed by atoms with Gasteiger partial charge in [-0.05, 0) is 36.2 Å². The smallest absolute Gasteiger partial charge is 0.335 e. The van der Waals surface area contributed by atoms with Crippen LogP contribution in [-0.2, 0) is 22.1 Å². The van der Waals surface area contributed by atoms with Crippen molar-refractivity contribution in [3.05, 3.63) is 76.1 Å². The molecule has 7 nitrogen and oxygen atoms in total. The van der Waals surface area contributed by atoms with Crippen LogP contribution in [0.5, 0.6) is 0 Å². The van der Waals surface area contributed by atoms with Crippen LogP contribution in [0.2, 0.25) is 5.02 Å². The molecular weight excluding hydrogens is 390 g/mol. The van der Waals surface area contributed by atoms with Crippen molar-refractivity contribution in [2.24, 2.45) is 0 Å². The Morgan fingerprint density at radius 2 is 1.93 bits per heavy atom. The number of sulfone groups is 1. The minimum Gasteiger partial charge on any atom is -0.411 e. The van der Waals surface area contributed by atoms with Crippen LogP contribution in [0, 0.1) is 6.92 Å². The topological polar surface area (TPSA) is 102 Å². The normalized spacial score (nSPS) is 11.3. The number of halogens is 1. The van der Waals surface area contributed by atoms with Gasteiger partial charge in [-0.15, -0.1) is 5.10 Å². The first kappa shape index (κ1) is 19.1. The van der Waals surface area contributed by atoms with E-state index < -0.39 is 15.1 Å². The van der Waals surface area contributed by atoms with Crippen LogP contribution in [0.4, 0.5) is 0 Å². The van der Waals surface area contributed by atoms with E-state index in [2.05, 4.69) is 15.5 Å². The lowest BCUT2D eigenvalue weighted by Crippen LogP contribution is -2.23. The van der Waals surface area contributed by atoms with Crippen molar-refractivity contribution in [2.45, 2.75) is 24.4 Å². The zero-order chi connectivity index (χ0) is 19.4. The molecule has 0 atom stereocenters. The Balaban J connectivity index is 1.67. The molecule has 3 aromatic rings. The predicted octanol–water partition coefficient (Wildman–Crippen LogP) is 2.94. The Bertz CT molecular complexity index is 1080. The van der Waals surface area contributed by atoms with E-state index in [0.29, 0.717) is 16.1 Å². The number of hydrogen-bond donors (Lipinski definition) is 1. The largest absolute Gasteiger partial charge is 0.411 e. The van der Waals surface area contributed by atoms with Gasteiger partial charge in [0.2, 0.25) is 15.7 Å². The number of rotatable bonds is 6. The summed E-state index contributed by atoms with van der Waals surface area (Å²) in [4.78, 5) is 12.2. The molecule has 0 unspecified atom stereocenters. The number of aromatic nitrogens is 2. The molecule has 0 aliphatic rings. The molecule has 0 saturated carbocycles. The van der Waals surface area contributed by atoms with E-state index in [1.54, 1.807) is 36.4 Å². The van der Waals surface area contributed by atoms with E-state index in [1.807, 2.05) is 19.1 Å². The molecule has 27 heavy (non-hydrogen) atoms. The molecule has 0 spiro atoms. The summed E-state index contributed by atoms with van der Waals surface area (Å²) in [6.45, 7) is 1.75. The van der Waals surface area contributed by atoms with Gasteiger partial charge in [-0.25, -0.2) is 8.42 Å². The first-order valence-electron chi connectivity index (χ1n) is 7.98. The number of carbonyl (C=O) groups excluding carboxylic acids is 1. The number of carbonyl (C=O) groups is 1. The van der Waals surface area contributed by atoms with Crippen LogP contribution in [-0.4, -0.2) is 24.5 Å². The van der Waals surface area contributed by atoms with E-state index in [9.17, 15) is 13.2 Å². The molecule has 9 heteroatoms. The quantitative estimate of drug-likeness (QED) is 0.676. The van der Waals surface area contributed by atoms with E-state index in [0.717, 1.165) is 5.56 Å². The zero-order valence-corrected chi connectivity index (χ0v) is 15.9. The summed E-state index contributed by atoms with van der Waals surface area (Å²) >= 11 is 5.87. The first-order valence-corrected chi connectivity index (χ1v) is 10.0. The van der Waals surface area contributed by atoms with Gasteiger partial charge < -0.3 is 9.73 Å². The highest BCUT2D eigenvalue weighted by molar-refractivity contribution is 7.90. The van der Waals surface area contributed by atoms with Crippen molar-refractivity contribution >= 4 is 27.3 Å². The standard InChI is InChI=1S/C18H16ClN3O4S/c1-12-5-2-3-8-15(12)17(23)20-10-16-21-22-18(26-16)27(24,25)11-13-6-4-7-14(19)9-13/h2-9H,10-11H2,1H3,(H,20,23). The summed E-state index contributed by atoms with van der Waals surface area (Å²) in [5, 5.41) is 9.85. The number of aryl methyl sites for hydroxylation is 1. The van der Waals surface area contributed by atoms with Crippen LogP contribution >= 0.6 is 11.6 Å². The molecule has 1 N–H and O–H groups in total. The van der Waals surface area contributed by atoms with Gasteiger partial charge in [-0.1, -0.05) is 47.0 Å². The van der Waals surface area contributed by atoms with Crippen LogP contribution in [0.1, 0.15) is 27.4 Å². The maximum atomic E-state index is 12.4. The maximum absolute atomic E-state index is 12.4. The first-order chi connectivity index (χ1) is 12.8. The fourth-order valence-corrected chi connectivity index (χ4v) is 3.77. The molecule has 1 amide bonds. The molecule has 140 valence electrons.